The van der Waals surface area contributed by atoms with Gasteiger partial charge in [0.15, 0.2) is 0 Å². The zero-order valence-corrected chi connectivity index (χ0v) is 6.97. The van der Waals surface area contributed by atoms with Crippen molar-refractivity contribution < 1.29 is 4.79 Å². The molecule has 0 bridgehead atoms. The summed E-state index contributed by atoms with van der Waals surface area (Å²) in [5.74, 6) is 0.838. The lowest BCUT2D eigenvalue weighted by Gasteiger charge is -2.01. The van der Waals surface area contributed by atoms with Crippen LogP contribution in [0.25, 0.3) is 0 Å². The lowest BCUT2D eigenvalue weighted by molar-refractivity contribution is -0.121. The van der Waals surface area contributed by atoms with Gasteiger partial charge in [-0.2, -0.15) is 0 Å². The largest absolute Gasteiger partial charge is 0.353 e. The molecule has 0 radical (unpaired) electrons. The van der Waals surface area contributed by atoms with E-state index in [4.69, 9.17) is 5.73 Å². The highest BCUT2D eigenvalue weighted by Crippen LogP contribution is 2.32. The number of amides is 1. The zero-order chi connectivity index (χ0) is 8.27. The van der Waals surface area contributed by atoms with Gasteiger partial charge in [-0.25, -0.2) is 0 Å². The Bertz CT molecular complexity index is 147. The predicted octanol–water partition coefficient (Wildman–Crippen LogP) is 0.250. The molecule has 3 N–H and O–H groups in total. The van der Waals surface area contributed by atoms with E-state index in [0.717, 1.165) is 12.3 Å². The second-order valence-corrected chi connectivity index (χ2v) is 3.12. The van der Waals surface area contributed by atoms with E-state index in [1.165, 1.54) is 6.42 Å². The van der Waals surface area contributed by atoms with E-state index in [2.05, 4.69) is 12.2 Å². The first-order valence-corrected chi connectivity index (χ1v) is 4.27. The van der Waals surface area contributed by atoms with Crippen LogP contribution in [0.1, 0.15) is 26.2 Å². The van der Waals surface area contributed by atoms with Gasteiger partial charge in [0.05, 0.1) is 0 Å². The highest BCUT2D eigenvalue weighted by atomic mass is 16.1. The van der Waals surface area contributed by atoms with E-state index in [1.54, 1.807) is 0 Å². The third kappa shape index (κ3) is 2.50. The lowest BCUT2D eigenvalue weighted by Crippen LogP contribution is -2.28. The van der Waals surface area contributed by atoms with Crippen LogP contribution in [-0.2, 0) is 4.79 Å². The zero-order valence-electron chi connectivity index (χ0n) is 6.97. The van der Waals surface area contributed by atoms with Gasteiger partial charge in [-0.1, -0.05) is 13.3 Å². The van der Waals surface area contributed by atoms with Crippen molar-refractivity contribution in [1.29, 1.82) is 0 Å². The van der Waals surface area contributed by atoms with E-state index in [9.17, 15) is 4.79 Å². The Hall–Kier alpha value is -0.570. The quantitative estimate of drug-likeness (QED) is 0.613. The molecule has 1 aliphatic rings. The van der Waals surface area contributed by atoms with Crippen molar-refractivity contribution in [3.63, 3.8) is 0 Å². The molecule has 2 unspecified atom stereocenters. The van der Waals surface area contributed by atoms with Crippen LogP contribution in [0.3, 0.4) is 0 Å². The molecular formula is C8H16N2O. The normalized spacial score (nSPS) is 28.2. The molecule has 1 saturated carbocycles. The van der Waals surface area contributed by atoms with Crippen molar-refractivity contribution in [2.75, 3.05) is 6.54 Å². The minimum atomic E-state index is 0.105. The molecule has 1 fully saturated rings. The number of hydrogen-bond acceptors (Lipinski definition) is 2. The third-order valence-corrected chi connectivity index (χ3v) is 2.16. The molecule has 0 aromatic carbocycles. The summed E-state index contributed by atoms with van der Waals surface area (Å²) in [6.07, 6.45) is 2.80. The summed E-state index contributed by atoms with van der Waals surface area (Å²) < 4.78 is 0. The first-order chi connectivity index (χ1) is 5.27. The van der Waals surface area contributed by atoms with Crippen LogP contribution < -0.4 is 11.1 Å². The van der Waals surface area contributed by atoms with E-state index in [0.29, 0.717) is 19.0 Å². The van der Waals surface area contributed by atoms with Crippen molar-refractivity contribution in [3.05, 3.63) is 0 Å². The molecule has 64 valence electrons. The average Bonchev–Trinajstić information content (AvgIpc) is 2.68. The van der Waals surface area contributed by atoms with E-state index in [1.807, 2.05) is 0 Å². The van der Waals surface area contributed by atoms with Crippen LogP contribution in [0.5, 0.6) is 0 Å². The SMILES string of the molecule is CCC1CC1NC(=O)CCN. The Balaban J connectivity index is 2.08. The van der Waals surface area contributed by atoms with Gasteiger partial charge in [0.1, 0.15) is 0 Å². The summed E-state index contributed by atoms with van der Waals surface area (Å²) in [6, 6.07) is 0.457. The monoisotopic (exact) mass is 156 g/mol. The smallest absolute Gasteiger partial charge is 0.221 e. The molecule has 1 amide bonds. The van der Waals surface area contributed by atoms with Crippen LogP contribution in [0.2, 0.25) is 0 Å². The fourth-order valence-electron chi connectivity index (χ4n) is 1.29. The highest BCUT2D eigenvalue weighted by molar-refractivity contribution is 5.76. The van der Waals surface area contributed by atoms with Crippen molar-refractivity contribution in [3.8, 4) is 0 Å². The topological polar surface area (TPSA) is 55.1 Å². The van der Waals surface area contributed by atoms with Crippen molar-refractivity contribution in [1.82, 2.24) is 5.32 Å². The lowest BCUT2D eigenvalue weighted by atomic mass is 10.3. The van der Waals surface area contributed by atoms with Gasteiger partial charge in [-0.05, 0) is 12.3 Å². The maximum Gasteiger partial charge on any atom is 0.221 e. The summed E-state index contributed by atoms with van der Waals surface area (Å²) >= 11 is 0. The first kappa shape index (κ1) is 8.53. The predicted molar refractivity (Wildman–Crippen MR) is 44.0 cm³/mol. The number of carbonyl (C=O) groups excluding carboxylic acids is 1. The van der Waals surface area contributed by atoms with Crippen molar-refractivity contribution in [2.45, 2.75) is 32.2 Å². The number of nitrogens with two attached hydrogens (primary N) is 1. The molecule has 3 heteroatoms. The molecule has 1 rings (SSSR count). The fraction of sp³-hybridized carbons (Fsp3) is 0.875. The standard InChI is InChI=1S/C8H16N2O/c1-2-6-5-7(6)10-8(11)3-4-9/h6-7H,2-5,9H2,1H3,(H,10,11). The Morgan fingerprint density at radius 1 is 1.73 bits per heavy atom. The maximum atomic E-state index is 11.0. The molecule has 2 atom stereocenters. The molecule has 11 heavy (non-hydrogen) atoms. The van der Waals surface area contributed by atoms with Crippen molar-refractivity contribution in [2.24, 2.45) is 11.7 Å². The summed E-state index contributed by atoms with van der Waals surface area (Å²) in [6.45, 7) is 2.61. The maximum absolute atomic E-state index is 11.0. The third-order valence-electron chi connectivity index (χ3n) is 2.16. The van der Waals surface area contributed by atoms with E-state index >= 15 is 0 Å². The Morgan fingerprint density at radius 3 is 2.91 bits per heavy atom. The van der Waals surface area contributed by atoms with Crippen LogP contribution >= 0.6 is 0 Å². The molecule has 1 aliphatic carbocycles. The molecule has 0 aromatic heterocycles. The number of rotatable bonds is 4. The first-order valence-electron chi connectivity index (χ1n) is 4.27. The van der Waals surface area contributed by atoms with Crippen LogP contribution in [0.15, 0.2) is 0 Å². The van der Waals surface area contributed by atoms with E-state index < -0.39 is 0 Å². The van der Waals surface area contributed by atoms with Gasteiger partial charge in [0, 0.05) is 19.0 Å². The van der Waals surface area contributed by atoms with E-state index in [-0.39, 0.29) is 5.91 Å². The van der Waals surface area contributed by atoms with Crippen LogP contribution in [-0.4, -0.2) is 18.5 Å². The summed E-state index contributed by atoms with van der Waals surface area (Å²) in [4.78, 5) is 11.0. The molecule has 0 spiro atoms. The Kier molecular flexibility index (Phi) is 2.88. The van der Waals surface area contributed by atoms with Gasteiger partial charge in [0.25, 0.3) is 0 Å². The van der Waals surface area contributed by atoms with Crippen LogP contribution in [0.4, 0.5) is 0 Å². The molecule has 3 nitrogen and oxygen atoms in total. The minimum Gasteiger partial charge on any atom is -0.353 e. The fourth-order valence-corrected chi connectivity index (χ4v) is 1.29. The van der Waals surface area contributed by atoms with Gasteiger partial charge < -0.3 is 11.1 Å². The molecule has 0 aliphatic heterocycles. The Morgan fingerprint density at radius 2 is 2.45 bits per heavy atom. The second-order valence-electron chi connectivity index (χ2n) is 3.12. The average molecular weight is 156 g/mol. The van der Waals surface area contributed by atoms with Gasteiger partial charge in [-0.15, -0.1) is 0 Å². The van der Waals surface area contributed by atoms with Gasteiger partial charge in [0.2, 0.25) is 5.91 Å². The second kappa shape index (κ2) is 3.72. The molecular weight excluding hydrogens is 140 g/mol. The number of carbonyl (C=O) groups is 1. The molecule has 0 aromatic rings. The Labute approximate surface area is 67.3 Å². The van der Waals surface area contributed by atoms with Gasteiger partial charge >= 0.3 is 0 Å². The summed E-state index contributed by atoms with van der Waals surface area (Å²) in [5, 5.41) is 2.94. The summed E-state index contributed by atoms with van der Waals surface area (Å²) in [7, 11) is 0. The molecule has 0 saturated heterocycles. The minimum absolute atomic E-state index is 0.105. The molecule has 0 heterocycles. The summed E-state index contributed by atoms with van der Waals surface area (Å²) in [5.41, 5.74) is 5.23. The number of hydrogen-bond donors (Lipinski definition) is 2. The van der Waals surface area contributed by atoms with Crippen LogP contribution in [0, 0.1) is 5.92 Å². The van der Waals surface area contributed by atoms with Gasteiger partial charge in [-0.3, -0.25) is 4.79 Å². The number of nitrogens with one attached hydrogen (secondary N) is 1. The highest BCUT2D eigenvalue weighted by Gasteiger charge is 2.35. The van der Waals surface area contributed by atoms with Crippen molar-refractivity contribution >= 4 is 5.91 Å².